The lowest BCUT2D eigenvalue weighted by Crippen LogP contribution is -2.28. The van der Waals surface area contributed by atoms with Crippen LogP contribution >= 0.6 is 15.9 Å². The first kappa shape index (κ1) is 19.4. The Morgan fingerprint density at radius 3 is 2.36 bits per heavy atom. The fourth-order valence-corrected chi connectivity index (χ4v) is 3.36. The number of hydrogen-bond acceptors (Lipinski definition) is 4. The molecule has 0 aliphatic heterocycles. The summed E-state index contributed by atoms with van der Waals surface area (Å²) in [5.41, 5.74) is 0.556. The van der Waals surface area contributed by atoms with E-state index in [4.69, 9.17) is 4.74 Å². The van der Waals surface area contributed by atoms with Crippen LogP contribution in [0.15, 0.2) is 57.9 Å². The molecule has 0 fully saturated rings. The first-order valence-corrected chi connectivity index (χ1v) is 9.74. The lowest BCUT2D eigenvalue weighted by Gasteiger charge is -2.12. The zero-order valence-electron chi connectivity index (χ0n) is 13.9. The second-order valence-corrected chi connectivity index (χ2v) is 8.35. The fraction of sp³-hybridized carbons (Fsp3) is 0.235. The van der Waals surface area contributed by atoms with Crippen molar-refractivity contribution in [3.05, 3.63) is 58.6 Å². The Morgan fingerprint density at radius 2 is 1.76 bits per heavy atom. The van der Waals surface area contributed by atoms with E-state index < -0.39 is 10.0 Å². The Balaban J connectivity index is 1.85. The maximum Gasteiger partial charge on any atom is 0.252 e. The normalized spacial score (nSPS) is 11.4. The van der Waals surface area contributed by atoms with E-state index in [0.29, 0.717) is 17.9 Å². The molecule has 1 N–H and O–H groups in total. The van der Waals surface area contributed by atoms with E-state index in [1.807, 2.05) is 6.07 Å². The van der Waals surface area contributed by atoms with Gasteiger partial charge in [0.1, 0.15) is 12.4 Å². The highest BCUT2D eigenvalue weighted by atomic mass is 79.9. The van der Waals surface area contributed by atoms with Crippen molar-refractivity contribution < 1.29 is 17.9 Å². The number of nitrogens with one attached hydrogen (secondary N) is 1. The second kappa shape index (κ2) is 8.46. The molecular weight excluding hydrogens is 408 g/mol. The van der Waals surface area contributed by atoms with Crippen LogP contribution in [-0.4, -0.2) is 45.9 Å². The van der Waals surface area contributed by atoms with Gasteiger partial charge in [-0.2, -0.15) is 0 Å². The van der Waals surface area contributed by atoms with Crippen molar-refractivity contribution >= 4 is 31.9 Å². The summed E-state index contributed by atoms with van der Waals surface area (Å²) in [6, 6.07) is 13.3. The fourth-order valence-electron chi connectivity index (χ4n) is 1.99. The van der Waals surface area contributed by atoms with Crippen molar-refractivity contribution in [2.75, 3.05) is 27.2 Å². The van der Waals surface area contributed by atoms with Crippen LogP contribution in [0.2, 0.25) is 0 Å². The van der Waals surface area contributed by atoms with Crippen LogP contribution in [0.4, 0.5) is 0 Å². The molecule has 25 heavy (non-hydrogen) atoms. The molecule has 1 amide bonds. The van der Waals surface area contributed by atoms with Gasteiger partial charge in [0.25, 0.3) is 5.91 Å². The number of halogens is 1. The third-order valence-electron chi connectivity index (χ3n) is 3.38. The lowest BCUT2D eigenvalue weighted by molar-refractivity contribution is 0.0946. The quantitative estimate of drug-likeness (QED) is 0.690. The summed E-state index contributed by atoms with van der Waals surface area (Å²) < 4.78 is 31.3. The molecule has 6 nitrogen and oxygen atoms in total. The maximum absolute atomic E-state index is 12.0. The van der Waals surface area contributed by atoms with Gasteiger partial charge in [0, 0.05) is 18.6 Å². The molecule has 2 aromatic carbocycles. The second-order valence-electron chi connectivity index (χ2n) is 5.34. The van der Waals surface area contributed by atoms with Crippen LogP contribution in [0.1, 0.15) is 10.4 Å². The summed E-state index contributed by atoms with van der Waals surface area (Å²) in [4.78, 5) is 12.2. The van der Waals surface area contributed by atoms with E-state index in [9.17, 15) is 13.2 Å². The predicted octanol–water partition coefficient (Wildman–Crippen LogP) is 2.51. The standard InChI is InChI=1S/C17H19BrN2O4S/c1-20(2)25(22,23)14-9-7-13(8-10-14)24-12-11-19-17(21)15-5-3-4-6-16(15)18/h3-10H,11-12H2,1-2H3,(H,19,21). The molecule has 2 rings (SSSR count). The summed E-state index contributed by atoms with van der Waals surface area (Å²) in [7, 11) is -0.489. The Morgan fingerprint density at radius 1 is 1.12 bits per heavy atom. The van der Waals surface area contributed by atoms with Gasteiger partial charge in [-0.05, 0) is 52.3 Å². The number of amides is 1. The number of rotatable bonds is 7. The molecular formula is C17H19BrN2O4S. The highest BCUT2D eigenvalue weighted by Crippen LogP contribution is 2.18. The van der Waals surface area contributed by atoms with E-state index in [2.05, 4.69) is 21.2 Å². The third-order valence-corrected chi connectivity index (χ3v) is 5.90. The van der Waals surface area contributed by atoms with Crippen molar-refractivity contribution in [3.63, 3.8) is 0 Å². The molecule has 8 heteroatoms. The summed E-state index contributed by atoms with van der Waals surface area (Å²) in [5.74, 6) is 0.344. The van der Waals surface area contributed by atoms with E-state index in [1.165, 1.54) is 26.2 Å². The van der Waals surface area contributed by atoms with Crippen molar-refractivity contribution in [1.82, 2.24) is 9.62 Å². The Bertz CT molecular complexity index is 836. The minimum Gasteiger partial charge on any atom is -0.492 e. The average molecular weight is 427 g/mol. The van der Waals surface area contributed by atoms with Gasteiger partial charge in [0.15, 0.2) is 0 Å². The Kier molecular flexibility index (Phi) is 6.57. The van der Waals surface area contributed by atoms with Gasteiger partial charge in [0.2, 0.25) is 10.0 Å². The maximum atomic E-state index is 12.0. The number of hydrogen-bond donors (Lipinski definition) is 1. The zero-order valence-corrected chi connectivity index (χ0v) is 16.3. The highest BCUT2D eigenvalue weighted by Gasteiger charge is 2.16. The highest BCUT2D eigenvalue weighted by molar-refractivity contribution is 9.10. The summed E-state index contributed by atoms with van der Waals surface area (Å²) in [6.45, 7) is 0.605. The minimum atomic E-state index is -3.45. The molecule has 0 unspecified atom stereocenters. The van der Waals surface area contributed by atoms with E-state index in [1.54, 1.807) is 30.3 Å². The van der Waals surface area contributed by atoms with Crippen LogP contribution < -0.4 is 10.1 Å². The van der Waals surface area contributed by atoms with Gasteiger partial charge < -0.3 is 10.1 Å². The van der Waals surface area contributed by atoms with Crippen molar-refractivity contribution in [2.45, 2.75) is 4.90 Å². The molecule has 0 heterocycles. The average Bonchev–Trinajstić information content (AvgIpc) is 2.59. The first-order valence-electron chi connectivity index (χ1n) is 7.50. The van der Waals surface area contributed by atoms with Gasteiger partial charge >= 0.3 is 0 Å². The number of carbonyl (C=O) groups excluding carboxylic acids is 1. The van der Waals surface area contributed by atoms with Gasteiger partial charge in [0.05, 0.1) is 17.0 Å². The van der Waals surface area contributed by atoms with Crippen molar-refractivity contribution in [2.24, 2.45) is 0 Å². The predicted molar refractivity (Wildman–Crippen MR) is 99.3 cm³/mol. The number of carbonyl (C=O) groups is 1. The monoisotopic (exact) mass is 426 g/mol. The van der Waals surface area contributed by atoms with Crippen molar-refractivity contribution in [1.29, 1.82) is 0 Å². The molecule has 0 bridgehead atoms. The smallest absolute Gasteiger partial charge is 0.252 e. The van der Waals surface area contributed by atoms with Crippen LogP contribution in [0, 0.1) is 0 Å². The molecule has 0 radical (unpaired) electrons. The van der Waals surface area contributed by atoms with Gasteiger partial charge in [-0.1, -0.05) is 12.1 Å². The van der Waals surface area contributed by atoms with Crippen LogP contribution in [0.5, 0.6) is 5.75 Å². The summed E-state index contributed by atoms with van der Waals surface area (Å²) in [5, 5.41) is 2.76. The Hall–Kier alpha value is -1.90. The molecule has 0 aliphatic rings. The molecule has 0 saturated carbocycles. The number of sulfonamides is 1. The van der Waals surface area contributed by atoms with Gasteiger partial charge in [-0.25, -0.2) is 12.7 Å². The summed E-state index contributed by atoms with van der Waals surface area (Å²) in [6.07, 6.45) is 0. The lowest BCUT2D eigenvalue weighted by atomic mass is 10.2. The minimum absolute atomic E-state index is 0.191. The molecule has 134 valence electrons. The van der Waals surface area contributed by atoms with E-state index >= 15 is 0 Å². The number of benzene rings is 2. The molecule has 0 atom stereocenters. The number of ether oxygens (including phenoxy) is 1. The van der Waals surface area contributed by atoms with E-state index in [0.717, 1.165) is 8.78 Å². The number of nitrogens with zero attached hydrogens (tertiary/aromatic N) is 1. The third kappa shape index (κ3) is 5.04. The van der Waals surface area contributed by atoms with E-state index in [-0.39, 0.29) is 17.4 Å². The Labute approximate surface area is 156 Å². The molecule has 0 saturated heterocycles. The van der Waals surface area contributed by atoms with Gasteiger partial charge in [-0.15, -0.1) is 0 Å². The zero-order chi connectivity index (χ0) is 18.4. The van der Waals surface area contributed by atoms with Crippen LogP contribution in [0.25, 0.3) is 0 Å². The van der Waals surface area contributed by atoms with Gasteiger partial charge in [-0.3, -0.25) is 4.79 Å². The van der Waals surface area contributed by atoms with Crippen molar-refractivity contribution in [3.8, 4) is 5.75 Å². The largest absolute Gasteiger partial charge is 0.492 e. The van der Waals surface area contributed by atoms with Crippen LogP contribution in [0.3, 0.4) is 0 Å². The SMILES string of the molecule is CN(C)S(=O)(=O)c1ccc(OCCNC(=O)c2ccccc2Br)cc1. The molecule has 0 aliphatic carbocycles. The first-order chi connectivity index (χ1) is 11.8. The van der Waals surface area contributed by atoms with Crippen LogP contribution in [-0.2, 0) is 10.0 Å². The summed E-state index contributed by atoms with van der Waals surface area (Å²) >= 11 is 3.33. The molecule has 0 spiro atoms. The molecule has 0 aromatic heterocycles. The topological polar surface area (TPSA) is 75.7 Å². The molecule has 2 aromatic rings.